The molecule has 1 aliphatic carbocycles. The normalized spacial score (nSPS) is 23.9. The number of nitrogens with zero attached hydrogens (tertiary/aromatic N) is 1. The Morgan fingerprint density at radius 1 is 1.47 bits per heavy atom. The van der Waals surface area contributed by atoms with Gasteiger partial charge in [-0.2, -0.15) is 0 Å². The molecule has 1 saturated carbocycles. The quantitative estimate of drug-likeness (QED) is 0.665. The molecule has 3 nitrogen and oxygen atoms in total. The van der Waals surface area contributed by atoms with Crippen LogP contribution in [0.3, 0.4) is 0 Å². The molecule has 0 spiro atoms. The first-order valence-corrected chi connectivity index (χ1v) is 6.71. The largest absolute Gasteiger partial charge is 0.370 e. The molecule has 0 amide bonds. The third-order valence-electron chi connectivity index (χ3n) is 2.80. The highest BCUT2D eigenvalue weighted by atomic mass is 79.9. The van der Waals surface area contributed by atoms with Crippen molar-refractivity contribution in [3.05, 3.63) is 34.3 Å². The van der Waals surface area contributed by atoms with Gasteiger partial charge in [-0.1, -0.05) is 34.1 Å². The van der Waals surface area contributed by atoms with Crippen molar-refractivity contribution in [1.29, 1.82) is 0 Å². The molecule has 1 aromatic carbocycles. The fraction of sp³-hybridized carbons (Fsp3) is 0.462. The lowest BCUT2D eigenvalue weighted by molar-refractivity contribution is 0.722. The van der Waals surface area contributed by atoms with Gasteiger partial charge in [0.1, 0.15) is 0 Å². The summed E-state index contributed by atoms with van der Waals surface area (Å²) in [5, 5.41) is 3.12. The van der Waals surface area contributed by atoms with Crippen LogP contribution in [0.1, 0.15) is 31.7 Å². The Morgan fingerprint density at radius 3 is 2.82 bits per heavy atom. The average molecular weight is 296 g/mol. The van der Waals surface area contributed by atoms with Gasteiger partial charge < -0.3 is 11.1 Å². The second-order valence-electron chi connectivity index (χ2n) is 4.74. The number of benzene rings is 1. The fourth-order valence-corrected chi connectivity index (χ4v) is 2.52. The van der Waals surface area contributed by atoms with Crippen LogP contribution in [-0.4, -0.2) is 18.0 Å². The molecule has 0 aromatic heterocycles. The first-order chi connectivity index (χ1) is 8.08. The fourth-order valence-electron chi connectivity index (χ4n) is 1.95. The minimum atomic E-state index is 0.333. The van der Waals surface area contributed by atoms with Gasteiger partial charge in [-0.05, 0) is 31.9 Å². The summed E-state index contributed by atoms with van der Waals surface area (Å²) in [6.07, 6.45) is 1.09. The summed E-state index contributed by atoms with van der Waals surface area (Å²) in [6, 6.07) is 8.98. The van der Waals surface area contributed by atoms with E-state index in [1.807, 2.05) is 6.07 Å². The highest BCUT2D eigenvalue weighted by Gasteiger charge is 2.39. The van der Waals surface area contributed by atoms with E-state index in [1.54, 1.807) is 0 Å². The van der Waals surface area contributed by atoms with Crippen molar-refractivity contribution in [2.45, 2.75) is 38.3 Å². The molecular weight excluding hydrogens is 278 g/mol. The van der Waals surface area contributed by atoms with Crippen LogP contribution in [0, 0.1) is 0 Å². The molecule has 0 heterocycles. The third-order valence-corrected chi connectivity index (χ3v) is 3.53. The summed E-state index contributed by atoms with van der Waals surface area (Å²) < 4.78 is 1.16. The standard InChI is InChI=1S/C13H18BrN3/c1-8(2)16-13(15)17-12-7-10(12)9-5-3-4-6-11(9)14/h3-6,8,10,12H,7H2,1-2H3,(H3,15,16,17)/t10-,12+/m0/s1. The van der Waals surface area contributed by atoms with Crippen LogP contribution in [0.4, 0.5) is 0 Å². The highest BCUT2D eigenvalue weighted by molar-refractivity contribution is 9.10. The Kier molecular flexibility index (Phi) is 3.72. The lowest BCUT2D eigenvalue weighted by Gasteiger charge is -2.08. The van der Waals surface area contributed by atoms with E-state index in [0.29, 0.717) is 24.0 Å². The highest BCUT2D eigenvalue weighted by Crippen LogP contribution is 2.45. The number of guanidine groups is 1. The van der Waals surface area contributed by atoms with Gasteiger partial charge in [0.05, 0.1) is 6.04 Å². The number of aliphatic imine (C=N–C) groups is 1. The Balaban J connectivity index is 1.99. The number of rotatable bonds is 3. The van der Waals surface area contributed by atoms with Gasteiger partial charge in [0.25, 0.3) is 0 Å². The smallest absolute Gasteiger partial charge is 0.189 e. The van der Waals surface area contributed by atoms with E-state index in [4.69, 9.17) is 5.73 Å². The maximum absolute atomic E-state index is 5.82. The summed E-state index contributed by atoms with van der Waals surface area (Å²) in [7, 11) is 0. The van der Waals surface area contributed by atoms with Crippen LogP contribution >= 0.6 is 15.9 Å². The predicted molar refractivity (Wildman–Crippen MR) is 75.2 cm³/mol. The van der Waals surface area contributed by atoms with Gasteiger partial charge in [0, 0.05) is 16.4 Å². The minimum absolute atomic E-state index is 0.333. The second kappa shape index (κ2) is 5.08. The van der Waals surface area contributed by atoms with Crippen molar-refractivity contribution in [3.8, 4) is 0 Å². The molecule has 3 N–H and O–H groups in total. The molecule has 17 heavy (non-hydrogen) atoms. The molecule has 2 atom stereocenters. The zero-order chi connectivity index (χ0) is 12.4. The van der Waals surface area contributed by atoms with Gasteiger partial charge >= 0.3 is 0 Å². The van der Waals surface area contributed by atoms with Crippen molar-refractivity contribution in [3.63, 3.8) is 0 Å². The van der Waals surface area contributed by atoms with Crippen LogP contribution in [0.5, 0.6) is 0 Å². The van der Waals surface area contributed by atoms with Crippen molar-refractivity contribution in [2.75, 3.05) is 0 Å². The van der Waals surface area contributed by atoms with Crippen molar-refractivity contribution in [1.82, 2.24) is 5.32 Å². The second-order valence-corrected chi connectivity index (χ2v) is 5.60. The lowest BCUT2D eigenvalue weighted by Crippen LogP contribution is -2.37. The van der Waals surface area contributed by atoms with Gasteiger partial charge in [-0.3, -0.25) is 0 Å². The number of halogens is 1. The van der Waals surface area contributed by atoms with Crippen LogP contribution in [0.25, 0.3) is 0 Å². The molecule has 92 valence electrons. The van der Waals surface area contributed by atoms with E-state index < -0.39 is 0 Å². The van der Waals surface area contributed by atoms with Gasteiger partial charge in [0.15, 0.2) is 5.96 Å². The number of hydrogen-bond donors (Lipinski definition) is 2. The van der Waals surface area contributed by atoms with Gasteiger partial charge in [0.2, 0.25) is 0 Å². The lowest BCUT2D eigenvalue weighted by atomic mass is 10.1. The molecule has 0 radical (unpaired) electrons. The third kappa shape index (κ3) is 3.22. The van der Waals surface area contributed by atoms with E-state index in [-0.39, 0.29) is 0 Å². The Bertz CT molecular complexity index is 428. The topological polar surface area (TPSA) is 50.4 Å². The van der Waals surface area contributed by atoms with E-state index in [1.165, 1.54) is 5.56 Å². The summed E-state index contributed by atoms with van der Waals surface area (Å²) in [5.74, 6) is 1.07. The van der Waals surface area contributed by atoms with E-state index in [0.717, 1.165) is 10.9 Å². The summed E-state index contributed by atoms with van der Waals surface area (Å²) >= 11 is 3.58. The van der Waals surface area contributed by atoms with Crippen LogP contribution in [0.15, 0.2) is 33.7 Å². The monoisotopic (exact) mass is 295 g/mol. The predicted octanol–water partition coefficient (Wildman–Crippen LogP) is 2.62. The molecular formula is C13H18BrN3. The molecule has 0 aliphatic heterocycles. The zero-order valence-electron chi connectivity index (χ0n) is 10.2. The maximum atomic E-state index is 5.82. The van der Waals surface area contributed by atoms with Crippen molar-refractivity contribution >= 4 is 21.9 Å². The molecule has 4 heteroatoms. The number of nitrogens with one attached hydrogen (secondary N) is 1. The number of hydrogen-bond acceptors (Lipinski definition) is 1. The van der Waals surface area contributed by atoms with Crippen LogP contribution < -0.4 is 11.1 Å². The molecule has 0 saturated heterocycles. The molecule has 0 bridgehead atoms. The summed E-state index contributed by atoms with van der Waals surface area (Å²) in [4.78, 5) is 4.49. The van der Waals surface area contributed by atoms with Crippen molar-refractivity contribution < 1.29 is 0 Å². The Hall–Kier alpha value is -1.03. The van der Waals surface area contributed by atoms with Crippen molar-refractivity contribution in [2.24, 2.45) is 10.7 Å². The van der Waals surface area contributed by atoms with Crippen LogP contribution in [-0.2, 0) is 0 Å². The molecule has 1 aliphatic rings. The molecule has 1 aromatic rings. The molecule has 1 fully saturated rings. The SMILES string of the molecule is CC(C)NC(N)=N[C@@H]1C[C@H]1c1ccccc1Br. The first-order valence-electron chi connectivity index (χ1n) is 5.92. The molecule has 2 rings (SSSR count). The Labute approximate surface area is 111 Å². The Morgan fingerprint density at radius 2 is 2.18 bits per heavy atom. The minimum Gasteiger partial charge on any atom is -0.370 e. The van der Waals surface area contributed by atoms with Gasteiger partial charge in [-0.15, -0.1) is 0 Å². The first kappa shape index (κ1) is 12.4. The van der Waals surface area contributed by atoms with E-state index in [2.05, 4.69) is 58.3 Å². The zero-order valence-corrected chi connectivity index (χ0v) is 11.7. The maximum Gasteiger partial charge on any atom is 0.189 e. The average Bonchev–Trinajstić information content (AvgIpc) is 2.96. The molecule has 0 unspecified atom stereocenters. The number of nitrogens with two attached hydrogens (primary N) is 1. The van der Waals surface area contributed by atoms with Gasteiger partial charge in [-0.25, -0.2) is 4.99 Å². The van der Waals surface area contributed by atoms with Crippen LogP contribution in [0.2, 0.25) is 0 Å². The summed E-state index contributed by atoms with van der Waals surface area (Å²) in [5.41, 5.74) is 7.15. The van der Waals surface area contributed by atoms with E-state index >= 15 is 0 Å². The van der Waals surface area contributed by atoms with E-state index in [9.17, 15) is 0 Å². The summed E-state index contributed by atoms with van der Waals surface area (Å²) in [6.45, 7) is 4.11.